The van der Waals surface area contributed by atoms with Gasteiger partial charge in [-0.3, -0.25) is 0 Å². The first-order chi connectivity index (χ1) is 10.1. The van der Waals surface area contributed by atoms with Crippen LogP contribution in [0.3, 0.4) is 0 Å². The summed E-state index contributed by atoms with van der Waals surface area (Å²) in [4.78, 5) is 13.8. The molecule has 0 fully saturated rings. The minimum atomic E-state index is -0.371. The standard InChI is InChI=1S/C15H24N2O4/c1-17(2)14-6-5-12(11-13(14)16)15(18)21-8-4-7-20-10-9-19-3/h5-6,11H,4,7-10,16H2,1-3H3. The van der Waals surface area contributed by atoms with E-state index in [0.29, 0.717) is 44.1 Å². The van der Waals surface area contributed by atoms with Gasteiger partial charge in [0.2, 0.25) is 0 Å². The largest absolute Gasteiger partial charge is 0.462 e. The van der Waals surface area contributed by atoms with Crippen LogP contribution in [0.25, 0.3) is 0 Å². The molecule has 1 aromatic carbocycles. The first-order valence-corrected chi connectivity index (χ1v) is 6.87. The molecular weight excluding hydrogens is 272 g/mol. The van der Waals surface area contributed by atoms with Crippen LogP contribution >= 0.6 is 0 Å². The monoisotopic (exact) mass is 296 g/mol. The number of hydrogen-bond donors (Lipinski definition) is 1. The topological polar surface area (TPSA) is 74.0 Å². The highest BCUT2D eigenvalue weighted by Gasteiger charge is 2.10. The van der Waals surface area contributed by atoms with E-state index in [1.165, 1.54) is 0 Å². The molecule has 0 spiro atoms. The fraction of sp³-hybridized carbons (Fsp3) is 0.533. The van der Waals surface area contributed by atoms with Crippen LogP contribution < -0.4 is 10.6 Å². The van der Waals surface area contributed by atoms with Gasteiger partial charge in [-0.15, -0.1) is 0 Å². The highest BCUT2D eigenvalue weighted by atomic mass is 16.5. The van der Waals surface area contributed by atoms with Gasteiger partial charge in [-0.2, -0.15) is 0 Å². The average molecular weight is 296 g/mol. The molecule has 0 amide bonds. The van der Waals surface area contributed by atoms with E-state index >= 15 is 0 Å². The molecule has 1 aromatic rings. The van der Waals surface area contributed by atoms with Crippen LogP contribution in [0.5, 0.6) is 0 Å². The molecule has 118 valence electrons. The van der Waals surface area contributed by atoms with Crippen molar-refractivity contribution in [2.75, 3.05) is 58.3 Å². The Morgan fingerprint density at radius 1 is 1.19 bits per heavy atom. The lowest BCUT2D eigenvalue weighted by molar-refractivity contribution is 0.0385. The van der Waals surface area contributed by atoms with Crippen molar-refractivity contribution in [2.45, 2.75) is 6.42 Å². The number of benzene rings is 1. The number of nitrogen functional groups attached to an aromatic ring is 1. The van der Waals surface area contributed by atoms with Gasteiger partial charge in [0.25, 0.3) is 0 Å². The summed E-state index contributed by atoms with van der Waals surface area (Å²) in [5, 5.41) is 0. The molecular formula is C15H24N2O4. The summed E-state index contributed by atoms with van der Waals surface area (Å²) in [7, 11) is 5.42. The molecule has 2 N–H and O–H groups in total. The summed E-state index contributed by atoms with van der Waals surface area (Å²) < 4.78 is 15.3. The van der Waals surface area contributed by atoms with Gasteiger partial charge in [-0.25, -0.2) is 4.79 Å². The molecule has 0 aliphatic heterocycles. The van der Waals surface area contributed by atoms with Crippen LogP contribution in [-0.2, 0) is 14.2 Å². The smallest absolute Gasteiger partial charge is 0.338 e. The van der Waals surface area contributed by atoms with Crippen LogP contribution in [-0.4, -0.2) is 53.6 Å². The predicted octanol–water partition coefficient (Wildman–Crippen LogP) is 1.54. The second kappa shape index (κ2) is 9.20. The second-order valence-corrected chi connectivity index (χ2v) is 4.76. The highest BCUT2D eigenvalue weighted by molar-refractivity contribution is 5.92. The summed E-state index contributed by atoms with van der Waals surface area (Å²) in [5.74, 6) is -0.371. The van der Waals surface area contributed by atoms with Crippen molar-refractivity contribution in [1.29, 1.82) is 0 Å². The number of anilines is 2. The number of esters is 1. The zero-order chi connectivity index (χ0) is 15.7. The van der Waals surface area contributed by atoms with Gasteiger partial charge >= 0.3 is 5.97 Å². The number of nitrogens with zero attached hydrogens (tertiary/aromatic N) is 1. The van der Waals surface area contributed by atoms with Gasteiger partial charge < -0.3 is 24.8 Å². The number of carbonyl (C=O) groups excluding carboxylic acids is 1. The second-order valence-electron chi connectivity index (χ2n) is 4.76. The molecule has 0 aliphatic rings. The SMILES string of the molecule is COCCOCCCOC(=O)c1ccc(N(C)C)c(N)c1. The third-order valence-electron chi connectivity index (χ3n) is 2.84. The number of hydrogen-bond acceptors (Lipinski definition) is 6. The minimum absolute atomic E-state index is 0.321. The van der Waals surface area contributed by atoms with E-state index in [4.69, 9.17) is 19.9 Å². The summed E-state index contributed by atoms with van der Waals surface area (Å²) in [6.45, 7) is 1.98. The molecule has 1 rings (SSSR count). The molecule has 21 heavy (non-hydrogen) atoms. The fourth-order valence-electron chi connectivity index (χ4n) is 1.74. The molecule has 0 radical (unpaired) electrons. The molecule has 6 nitrogen and oxygen atoms in total. The van der Waals surface area contributed by atoms with Gasteiger partial charge in [-0.05, 0) is 18.2 Å². The van der Waals surface area contributed by atoms with E-state index in [2.05, 4.69) is 0 Å². The van der Waals surface area contributed by atoms with Crippen LogP contribution in [0.4, 0.5) is 11.4 Å². The van der Waals surface area contributed by atoms with Gasteiger partial charge in [0.05, 0.1) is 36.8 Å². The van der Waals surface area contributed by atoms with E-state index in [-0.39, 0.29) is 5.97 Å². The quantitative estimate of drug-likeness (QED) is 0.423. The molecule has 0 aromatic heterocycles. The molecule has 0 atom stereocenters. The lowest BCUT2D eigenvalue weighted by Crippen LogP contribution is -2.13. The average Bonchev–Trinajstić information content (AvgIpc) is 2.45. The van der Waals surface area contributed by atoms with Crippen molar-refractivity contribution in [3.8, 4) is 0 Å². The van der Waals surface area contributed by atoms with Crippen molar-refractivity contribution in [3.05, 3.63) is 23.8 Å². The maximum atomic E-state index is 11.9. The molecule has 0 aliphatic carbocycles. The van der Waals surface area contributed by atoms with Gasteiger partial charge in [-0.1, -0.05) is 0 Å². The van der Waals surface area contributed by atoms with Crippen LogP contribution in [0.1, 0.15) is 16.8 Å². The highest BCUT2D eigenvalue weighted by Crippen LogP contribution is 2.22. The normalized spacial score (nSPS) is 10.4. The van der Waals surface area contributed by atoms with E-state index in [1.807, 2.05) is 19.0 Å². The van der Waals surface area contributed by atoms with E-state index in [1.54, 1.807) is 25.3 Å². The summed E-state index contributed by atoms with van der Waals surface area (Å²) in [6, 6.07) is 5.15. The lowest BCUT2D eigenvalue weighted by atomic mass is 10.1. The summed E-state index contributed by atoms with van der Waals surface area (Å²) >= 11 is 0. The Bertz CT molecular complexity index is 449. The Labute approximate surface area is 125 Å². The van der Waals surface area contributed by atoms with Gasteiger partial charge in [0, 0.05) is 34.2 Å². The molecule has 0 saturated heterocycles. The molecule has 0 saturated carbocycles. The summed E-state index contributed by atoms with van der Waals surface area (Å²) in [6.07, 6.45) is 0.653. The van der Waals surface area contributed by atoms with Gasteiger partial charge in [0.15, 0.2) is 0 Å². The molecule has 0 bridgehead atoms. The Kier molecular flexibility index (Phi) is 7.56. The van der Waals surface area contributed by atoms with Crippen LogP contribution in [0.15, 0.2) is 18.2 Å². The Morgan fingerprint density at radius 2 is 1.95 bits per heavy atom. The van der Waals surface area contributed by atoms with Crippen LogP contribution in [0.2, 0.25) is 0 Å². The summed E-state index contributed by atoms with van der Waals surface area (Å²) in [5.41, 5.74) is 7.78. The Balaban J connectivity index is 2.34. The van der Waals surface area contributed by atoms with Crippen molar-refractivity contribution >= 4 is 17.3 Å². The Morgan fingerprint density at radius 3 is 2.57 bits per heavy atom. The van der Waals surface area contributed by atoms with E-state index in [9.17, 15) is 4.79 Å². The maximum Gasteiger partial charge on any atom is 0.338 e. The van der Waals surface area contributed by atoms with Crippen molar-refractivity contribution < 1.29 is 19.0 Å². The molecule has 0 unspecified atom stereocenters. The van der Waals surface area contributed by atoms with Gasteiger partial charge in [0.1, 0.15) is 0 Å². The zero-order valence-corrected chi connectivity index (χ0v) is 12.9. The number of rotatable bonds is 9. The van der Waals surface area contributed by atoms with Crippen molar-refractivity contribution in [3.63, 3.8) is 0 Å². The zero-order valence-electron chi connectivity index (χ0n) is 12.9. The predicted molar refractivity (Wildman–Crippen MR) is 82.8 cm³/mol. The molecule has 0 heterocycles. The molecule has 6 heteroatoms. The first kappa shape index (κ1) is 17.3. The number of carbonyl (C=O) groups is 1. The third-order valence-corrected chi connectivity index (χ3v) is 2.84. The van der Waals surface area contributed by atoms with Crippen molar-refractivity contribution in [1.82, 2.24) is 0 Å². The van der Waals surface area contributed by atoms with E-state index < -0.39 is 0 Å². The van der Waals surface area contributed by atoms with E-state index in [0.717, 1.165) is 5.69 Å². The van der Waals surface area contributed by atoms with Crippen molar-refractivity contribution in [2.24, 2.45) is 0 Å². The third kappa shape index (κ3) is 6.01. The fourth-order valence-corrected chi connectivity index (χ4v) is 1.74. The van der Waals surface area contributed by atoms with Crippen LogP contribution in [0, 0.1) is 0 Å². The minimum Gasteiger partial charge on any atom is -0.462 e. The number of nitrogens with two attached hydrogens (primary N) is 1. The lowest BCUT2D eigenvalue weighted by Gasteiger charge is -2.15. The Hall–Kier alpha value is -1.79. The maximum absolute atomic E-state index is 11.9. The first-order valence-electron chi connectivity index (χ1n) is 6.87. The number of ether oxygens (including phenoxy) is 3. The number of methoxy groups -OCH3 is 1.